The third-order valence-electron chi connectivity index (χ3n) is 7.47. The number of fused-ring (bicyclic) bond motifs is 2. The van der Waals surface area contributed by atoms with Crippen LogP contribution in [-0.4, -0.2) is 36.8 Å². The molecule has 2 aliphatic heterocycles. The summed E-state index contributed by atoms with van der Waals surface area (Å²) in [4.78, 5) is 15.8. The van der Waals surface area contributed by atoms with E-state index in [1.54, 1.807) is 0 Å². The standard InChI is InChI=1S/C28H22Cl4N2O3/c1-15-21(18-5-3-4-6-19(18)33(15)2)28(16-7-9-17(10-8-16)34-11-13-36-14-12-34)22-20(27(35)37-28)23(29)25(31)26(32)24(22)30/h3-10H,11-14H2,1-2H3. The van der Waals surface area contributed by atoms with Crippen molar-refractivity contribution in [1.82, 2.24) is 4.57 Å². The van der Waals surface area contributed by atoms with Crippen LogP contribution in [0.4, 0.5) is 5.69 Å². The van der Waals surface area contributed by atoms with E-state index in [9.17, 15) is 4.79 Å². The number of benzene rings is 3. The van der Waals surface area contributed by atoms with E-state index in [0.29, 0.717) is 18.8 Å². The Labute approximate surface area is 234 Å². The number of cyclic esters (lactones) is 1. The SMILES string of the molecule is Cc1c(C2(c3ccc(N4CCOCC4)cc3)OC(=O)c3c(Cl)c(Cl)c(Cl)c(Cl)c32)c2ccccc2n1C. The first kappa shape index (κ1) is 24.9. The van der Waals surface area contributed by atoms with Gasteiger partial charge < -0.3 is 18.9 Å². The third-order valence-corrected chi connectivity index (χ3v) is 9.27. The highest BCUT2D eigenvalue weighted by Crippen LogP contribution is 2.57. The van der Waals surface area contributed by atoms with Gasteiger partial charge in [-0.05, 0) is 25.1 Å². The monoisotopic (exact) mass is 574 g/mol. The van der Waals surface area contributed by atoms with Gasteiger partial charge in [0.2, 0.25) is 0 Å². The molecule has 6 rings (SSSR count). The molecule has 1 atom stereocenters. The van der Waals surface area contributed by atoms with Gasteiger partial charge in [0.25, 0.3) is 0 Å². The Morgan fingerprint density at radius 1 is 0.838 bits per heavy atom. The van der Waals surface area contributed by atoms with E-state index in [4.69, 9.17) is 55.9 Å². The normalized spacial score (nSPS) is 19.4. The molecule has 37 heavy (non-hydrogen) atoms. The van der Waals surface area contributed by atoms with E-state index in [1.165, 1.54) is 0 Å². The smallest absolute Gasteiger partial charge is 0.341 e. The number of aromatic nitrogens is 1. The van der Waals surface area contributed by atoms with Gasteiger partial charge in [0.1, 0.15) is 0 Å². The van der Waals surface area contributed by atoms with Crippen molar-refractivity contribution in [2.45, 2.75) is 12.5 Å². The summed E-state index contributed by atoms with van der Waals surface area (Å²) in [6.07, 6.45) is 0. The number of rotatable bonds is 3. The van der Waals surface area contributed by atoms with Crippen LogP contribution in [0.15, 0.2) is 48.5 Å². The molecule has 3 aromatic carbocycles. The first-order chi connectivity index (χ1) is 17.8. The number of nitrogens with zero attached hydrogens (tertiary/aromatic N) is 2. The molecule has 1 fully saturated rings. The highest BCUT2D eigenvalue weighted by atomic mass is 35.5. The van der Waals surface area contributed by atoms with Crippen LogP contribution in [0, 0.1) is 6.92 Å². The van der Waals surface area contributed by atoms with Crippen molar-refractivity contribution in [2.75, 3.05) is 31.2 Å². The van der Waals surface area contributed by atoms with Crippen LogP contribution in [0.2, 0.25) is 20.1 Å². The van der Waals surface area contributed by atoms with E-state index in [2.05, 4.69) is 9.47 Å². The Morgan fingerprint density at radius 3 is 2.19 bits per heavy atom. The van der Waals surface area contributed by atoms with Gasteiger partial charge in [-0.1, -0.05) is 76.7 Å². The summed E-state index contributed by atoms with van der Waals surface area (Å²) in [6.45, 7) is 4.97. The number of carbonyl (C=O) groups is 1. The van der Waals surface area contributed by atoms with E-state index in [-0.39, 0.29) is 25.7 Å². The molecule has 1 saturated heterocycles. The third kappa shape index (κ3) is 3.52. The fourth-order valence-corrected chi connectivity index (χ4v) is 6.68. The molecule has 3 heterocycles. The molecule has 190 valence electrons. The summed E-state index contributed by atoms with van der Waals surface area (Å²) in [5.41, 5.74) is 3.63. The van der Waals surface area contributed by atoms with Crippen LogP contribution < -0.4 is 4.90 Å². The molecule has 4 aromatic rings. The van der Waals surface area contributed by atoms with Crippen LogP contribution in [-0.2, 0) is 22.1 Å². The number of aryl methyl sites for hydroxylation is 1. The molecule has 0 radical (unpaired) electrons. The number of para-hydroxylation sites is 1. The number of halogens is 4. The van der Waals surface area contributed by atoms with Gasteiger partial charge in [-0.15, -0.1) is 0 Å². The zero-order valence-electron chi connectivity index (χ0n) is 20.1. The van der Waals surface area contributed by atoms with Crippen molar-refractivity contribution in [3.05, 3.63) is 96.6 Å². The first-order valence-electron chi connectivity index (χ1n) is 11.8. The Morgan fingerprint density at radius 2 is 1.49 bits per heavy atom. The molecule has 0 spiro atoms. The minimum Gasteiger partial charge on any atom is -0.440 e. The highest BCUT2D eigenvalue weighted by Gasteiger charge is 2.54. The molecule has 1 unspecified atom stereocenters. The number of ether oxygens (including phenoxy) is 2. The molecule has 0 saturated carbocycles. The molecule has 0 N–H and O–H groups in total. The Kier molecular flexibility index (Phi) is 6.13. The highest BCUT2D eigenvalue weighted by molar-refractivity contribution is 6.53. The second-order valence-electron chi connectivity index (χ2n) is 9.26. The second kappa shape index (κ2) is 9.11. The maximum atomic E-state index is 13.5. The Balaban J connectivity index is 1.69. The number of esters is 1. The predicted molar refractivity (Wildman–Crippen MR) is 149 cm³/mol. The maximum absolute atomic E-state index is 13.5. The number of anilines is 1. The zero-order valence-corrected chi connectivity index (χ0v) is 23.1. The van der Waals surface area contributed by atoms with Gasteiger partial charge >= 0.3 is 5.97 Å². The lowest BCUT2D eigenvalue weighted by atomic mass is 9.78. The lowest BCUT2D eigenvalue weighted by molar-refractivity contribution is 0.0254. The summed E-state index contributed by atoms with van der Waals surface area (Å²) >= 11 is 26.4. The molecule has 9 heteroatoms. The lowest BCUT2D eigenvalue weighted by Crippen LogP contribution is -2.36. The van der Waals surface area contributed by atoms with Crippen LogP contribution in [0.3, 0.4) is 0 Å². The topological polar surface area (TPSA) is 43.7 Å². The van der Waals surface area contributed by atoms with Crippen LogP contribution in [0.25, 0.3) is 10.9 Å². The minimum atomic E-state index is -1.39. The van der Waals surface area contributed by atoms with Crippen LogP contribution in [0.1, 0.15) is 32.7 Å². The molecular weight excluding hydrogens is 554 g/mol. The van der Waals surface area contributed by atoms with Gasteiger partial charge in [-0.3, -0.25) is 0 Å². The second-order valence-corrected chi connectivity index (χ2v) is 10.8. The van der Waals surface area contributed by atoms with Gasteiger partial charge in [0.05, 0.1) is 38.9 Å². The van der Waals surface area contributed by atoms with E-state index in [1.807, 2.05) is 62.5 Å². The summed E-state index contributed by atoms with van der Waals surface area (Å²) in [7, 11) is 1.98. The van der Waals surface area contributed by atoms with E-state index in [0.717, 1.165) is 46.5 Å². The predicted octanol–water partition coefficient (Wildman–Crippen LogP) is 7.40. The van der Waals surface area contributed by atoms with Gasteiger partial charge in [0.15, 0.2) is 5.60 Å². The minimum absolute atomic E-state index is 0.0251. The van der Waals surface area contributed by atoms with Crippen LogP contribution >= 0.6 is 46.4 Å². The molecule has 5 nitrogen and oxygen atoms in total. The molecule has 1 aromatic heterocycles. The first-order valence-corrected chi connectivity index (χ1v) is 13.4. The molecule has 0 aliphatic carbocycles. The van der Waals surface area contributed by atoms with Crippen molar-refractivity contribution < 1.29 is 14.3 Å². The summed E-state index contributed by atoms with van der Waals surface area (Å²) < 4.78 is 14.0. The Hall–Kier alpha value is -2.41. The molecule has 2 aliphatic rings. The number of carbonyl (C=O) groups excluding carboxylic acids is 1. The van der Waals surface area contributed by atoms with Crippen molar-refractivity contribution in [3.63, 3.8) is 0 Å². The summed E-state index contributed by atoms with van der Waals surface area (Å²) in [6, 6.07) is 16.0. The summed E-state index contributed by atoms with van der Waals surface area (Å²) in [5.74, 6) is -0.606. The molecule has 0 bridgehead atoms. The fraction of sp³-hybridized carbons (Fsp3) is 0.250. The number of hydrogen-bond donors (Lipinski definition) is 0. The van der Waals surface area contributed by atoms with Crippen molar-refractivity contribution in [3.8, 4) is 0 Å². The number of morpholine rings is 1. The largest absolute Gasteiger partial charge is 0.440 e. The van der Waals surface area contributed by atoms with Gasteiger partial charge in [-0.25, -0.2) is 4.79 Å². The van der Waals surface area contributed by atoms with Gasteiger partial charge in [0, 0.05) is 59.1 Å². The van der Waals surface area contributed by atoms with E-state index < -0.39 is 11.6 Å². The lowest BCUT2D eigenvalue weighted by Gasteiger charge is -2.33. The quantitative estimate of drug-likeness (QED) is 0.145. The van der Waals surface area contributed by atoms with Crippen LogP contribution in [0.5, 0.6) is 0 Å². The van der Waals surface area contributed by atoms with Gasteiger partial charge in [-0.2, -0.15) is 0 Å². The average molecular weight is 576 g/mol. The molecule has 0 amide bonds. The van der Waals surface area contributed by atoms with E-state index >= 15 is 0 Å². The van der Waals surface area contributed by atoms with Crippen molar-refractivity contribution in [1.29, 1.82) is 0 Å². The van der Waals surface area contributed by atoms with Crippen molar-refractivity contribution >= 4 is 69.0 Å². The summed E-state index contributed by atoms with van der Waals surface area (Å²) in [5, 5.41) is 1.20. The number of hydrogen-bond acceptors (Lipinski definition) is 4. The Bertz CT molecular complexity index is 1580. The maximum Gasteiger partial charge on any atom is 0.341 e. The average Bonchev–Trinajstić information content (AvgIpc) is 3.37. The van der Waals surface area contributed by atoms with Crippen molar-refractivity contribution in [2.24, 2.45) is 7.05 Å². The zero-order chi connectivity index (χ0) is 26.1. The fourth-order valence-electron chi connectivity index (χ4n) is 5.61. The molecular formula is C28H22Cl4N2O3.